The molecule has 0 saturated heterocycles. The molecular formula is C28H28N4O6. The Balaban J connectivity index is 1.40. The summed E-state index contributed by atoms with van der Waals surface area (Å²) in [7, 11) is 0. The number of amides is 4. The molecule has 196 valence electrons. The lowest BCUT2D eigenvalue weighted by Crippen LogP contribution is -2.49. The third-order valence-corrected chi connectivity index (χ3v) is 5.26. The van der Waals surface area contributed by atoms with E-state index in [0.29, 0.717) is 11.5 Å². The number of hydrogen-bond acceptors (Lipinski definition) is 6. The second-order valence-electron chi connectivity index (χ2n) is 8.19. The number of carbonyl (C=O) groups is 5. The molecule has 0 spiro atoms. The normalized spacial score (nSPS) is 11.0. The van der Waals surface area contributed by atoms with E-state index in [9.17, 15) is 24.0 Å². The van der Waals surface area contributed by atoms with Crippen molar-refractivity contribution in [2.45, 2.75) is 19.5 Å². The van der Waals surface area contributed by atoms with Crippen LogP contribution in [0.3, 0.4) is 0 Å². The van der Waals surface area contributed by atoms with E-state index in [1.165, 1.54) is 6.92 Å². The molecule has 3 aromatic rings. The average molecular weight is 517 g/mol. The number of nitrogens with one attached hydrogen (secondary N) is 4. The Bertz CT molecular complexity index is 1280. The number of rotatable bonds is 12. The second kappa shape index (κ2) is 13.9. The van der Waals surface area contributed by atoms with Crippen molar-refractivity contribution in [3.05, 3.63) is 96.1 Å². The van der Waals surface area contributed by atoms with Gasteiger partial charge in [0, 0.05) is 6.54 Å². The van der Waals surface area contributed by atoms with Gasteiger partial charge in [0.05, 0.1) is 18.7 Å². The lowest BCUT2D eigenvalue weighted by molar-refractivity contribution is -0.138. The molecule has 0 aliphatic heterocycles. The third kappa shape index (κ3) is 8.59. The fourth-order valence-corrected chi connectivity index (χ4v) is 3.25. The van der Waals surface area contributed by atoms with Crippen molar-refractivity contribution in [2.75, 3.05) is 13.1 Å². The van der Waals surface area contributed by atoms with Crippen molar-refractivity contribution in [2.24, 2.45) is 0 Å². The summed E-state index contributed by atoms with van der Waals surface area (Å²) in [5.74, 6) is -2.58. The maximum atomic E-state index is 12.6. The van der Waals surface area contributed by atoms with Gasteiger partial charge in [-0.3, -0.25) is 24.0 Å². The Labute approximate surface area is 219 Å². The first-order chi connectivity index (χ1) is 18.3. The molecule has 0 aromatic heterocycles. The highest BCUT2D eigenvalue weighted by molar-refractivity contribution is 6.37. The van der Waals surface area contributed by atoms with E-state index in [4.69, 9.17) is 4.74 Å². The summed E-state index contributed by atoms with van der Waals surface area (Å²) in [6, 6.07) is 23.6. The molecule has 3 rings (SSSR count). The summed E-state index contributed by atoms with van der Waals surface area (Å²) in [6.45, 7) is 0.684. The molecule has 4 amide bonds. The fraction of sp³-hybridized carbons (Fsp3) is 0.179. The van der Waals surface area contributed by atoms with Crippen molar-refractivity contribution in [1.29, 1.82) is 0 Å². The molecule has 0 aliphatic rings. The van der Waals surface area contributed by atoms with Crippen LogP contribution in [-0.4, -0.2) is 48.5 Å². The minimum atomic E-state index is -1.01. The van der Waals surface area contributed by atoms with Gasteiger partial charge in [0.15, 0.2) is 0 Å². The van der Waals surface area contributed by atoms with E-state index in [0.717, 1.165) is 5.56 Å². The third-order valence-electron chi connectivity index (χ3n) is 5.26. The van der Waals surface area contributed by atoms with E-state index in [1.807, 2.05) is 24.3 Å². The number of ketones is 1. The molecule has 0 unspecified atom stereocenters. The zero-order valence-electron chi connectivity index (χ0n) is 20.7. The molecule has 0 saturated carbocycles. The van der Waals surface area contributed by atoms with Crippen molar-refractivity contribution < 1.29 is 28.7 Å². The quantitative estimate of drug-likeness (QED) is 0.270. The minimum Gasteiger partial charge on any atom is -0.457 e. The topological polar surface area (TPSA) is 143 Å². The van der Waals surface area contributed by atoms with Gasteiger partial charge < -0.3 is 26.0 Å². The molecule has 0 bridgehead atoms. The van der Waals surface area contributed by atoms with Gasteiger partial charge in [-0.25, -0.2) is 0 Å². The van der Waals surface area contributed by atoms with E-state index in [2.05, 4.69) is 21.3 Å². The Hall–Kier alpha value is -4.99. The van der Waals surface area contributed by atoms with Crippen LogP contribution < -0.4 is 26.0 Å². The van der Waals surface area contributed by atoms with Crippen LogP contribution in [0.5, 0.6) is 11.5 Å². The molecule has 1 atom stereocenters. The van der Waals surface area contributed by atoms with Crippen LogP contribution in [0.15, 0.2) is 84.9 Å². The Morgan fingerprint density at radius 1 is 0.737 bits per heavy atom. The summed E-state index contributed by atoms with van der Waals surface area (Å²) >= 11 is 0. The number of ether oxygens (including phenoxy) is 1. The molecule has 38 heavy (non-hydrogen) atoms. The Morgan fingerprint density at radius 2 is 1.37 bits per heavy atom. The molecule has 4 N–H and O–H groups in total. The lowest BCUT2D eigenvalue weighted by Gasteiger charge is -2.15. The maximum Gasteiger partial charge on any atom is 0.289 e. The summed E-state index contributed by atoms with van der Waals surface area (Å²) in [6.07, 6.45) is 0. The molecular weight excluding hydrogens is 488 g/mol. The smallest absolute Gasteiger partial charge is 0.289 e. The van der Waals surface area contributed by atoms with Crippen molar-refractivity contribution in [3.63, 3.8) is 0 Å². The van der Waals surface area contributed by atoms with E-state index in [1.54, 1.807) is 60.7 Å². The first-order valence-corrected chi connectivity index (χ1v) is 11.9. The fourth-order valence-electron chi connectivity index (χ4n) is 3.25. The number of carbonyl (C=O) groups excluding carboxylic acids is 5. The molecule has 10 nitrogen and oxygen atoms in total. The molecule has 3 aromatic carbocycles. The lowest BCUT2D eigenvalue weighted by atomic mass is 10.2. The van der Waals surface area contributed by atoms with Gasteiger partial charge >= 0.3 is 0 Å². The highest BCUT2D eigenvalue weighted by atomic mass is 16.5. The standard InChI is InChI=1S/C28H28N4O6/c1-19(26(35)30-17-23(33)28(37)29-16-20-10-4-2-5-11-20)32-25(34)18-31-27(36)22-14-8-9-15-24(22)38-21-12-6-3-7-13-21/h2-15,19H,16-18H2,1H3,(H,29,37)(H,30,35)(H,31,36)(H,32,34)/t19-/m0/s1. The molecule has 0 fully saturated rings. The molecule has 0 heterocycles. The van der Waals surface area contributed by atoms with Gasteiger partial charge in [0.2, 0.25) is 17.6 Å². The zero-order valence-corrected chi connectivity index (χ0v) is 20.7. The Kier molecular flexibility index (Phi) is 10.1. The van der Waals surface area contributed by atoms with Crippen LogP contribution in [0.1, 0.15) is 22.8 Å². The van der Waals surface area contributed by atoms with Crippen LogP contribution in [0.25, 0.3) is 0 Å². The highest BCUT2D eigenvalue weighted by Crippen LogP contribution is 2.24. The number of benzene rings is 3. The van der Waals surface area contributed by atoms with Gasteiger partial charge in [0.25, 0.3) is 11.8 Å². The van der Waals surface area contributed by atoms with Crippen LogP contribution >= 0.6 is 0 Å². The van der Waals surface area contributed by atoms with Crippen molar-refractivity contribution in [3.8, 4) is 11.5 Å². The van der Waals surface area contributed by atoms with Crippen molar-refractivity contribution >= 4 is 29.4 Å². The number of Topliss-reactive ketones (excluding diaryl/α,β-unsaturated/α-hetero) is 1. The van der Waals surface area contributed by atoms with Crippen LogP contribution in [0, 0.1) is 0 Å². The molecule has 0 aliphatic carbocycles. The van der Waals surface area contributed by atoms with Gasteiger partial charge in [0.1, 0.15) is 17.5 Å². The monoisotopic (exact) mass is 516 g/mol. The first kappa shape index (κ1) is 27.6. The van der Waals surface area contributed by atoms with Crippen LogP contribution in [0.4, 0.5) is 0 Å². The van der Waals surface area contributed by atoms with Gasteiger partial charge in [-0.2, -0.15) is 0 Å². The van der Waals surface area contributed by atoms with Gasteiger partial charge in [-0.15, -0.1) is 0 Å². The van der Waals surface area contributed by atoms with Crippen LogP contribution in [0.2, 0.25) is 0 Å². The van der Waals surface area contributed by atoms with E-state index >= 15 is 0 Å². The van der Waals surface area contributed by atoms with E-state index in [-0.39, 0.29) is 12.1 Å². The summed E-state index contributed by atoms with van der Waals surface area (Å²) in [4.78, 5) is 61.1. The summed E-state index contributed by atoms with van der Waals surface area (Å²) in [5, 5.41) is 9.73. The zero-order chi connectivity index (χ0) is 27.3. The predicted octanol–water partition coefficient (Wildman–Crippen LogP) is 1.72. The highest BCUT2D eigenvalue weighted by Gasteiger charge is 2.20. The predicted molar refractivity (Wildman–Crippen MR) is 139 cm³/mol. The first-order valence-electron chi connectivity index (χ1n) is 11.9. The van der Waals surface area contributed by atoms with Gasteiger partial charge in [-0.1, -0.05) is 60.7 Å². The van der Waals surface area contributed by atoms with Gasteiger partial charge in [-0.05, 0) is 36.8 Å². The van der Waals surface area contributed by atoms with Crippen LogP contribution in [-0.2, 0) is 25.7 Å². The second-order valence-corrected chi connectivity index (χ2v) is 8.19. The van der Waals surface area contributed by atoms with E-state index < -0.39 is 48.5 Å². The van der Waals surface area contributed by atoms with Crippen molar-refractivity contribution in [1.82, 2.24) is 21.3 Å². The summed E-state index contributed by atoms with van der Waals surface area (Å²) in [5.41, 5.74) is 1.06. The molecule has 10 heteroatoms. The molecule has 0 radical (unpaired) electrons. The maximum absolute atomic E-state index is 12.6. The SMILES string of the molecule is C[C@H](NC(=O)CNC(=O)c1ccccc1Oc1ccccc1)C(=O)NCC(=O)C(=O)NCc1ccccc1. The average Bonchev–Trinajstić information content (AvgIpc) is 2.94. The largest absolute Gasteiger partial charge is 0.457 e. The number of hydrogen-bond donors (Lipinski definition) is 4. The minimum absolute atomic E-state index is 0.181. The summed E-state index contributed by atoms with van der Waals surface area (Å²) < 4.78 is 5.76. The Morgan fingerprint density at radius 3 is 2.08 bits per heavy atom. The number of para-hydroxylation sites is 2.